The van der Waals surface area contributed by atoms with E-state index < -0.39 is 5.97 Å². The number of hydrogen-bond donors (Lipinski definition) is 2. The number of carboxylic acid groups (broad SMARTS) is 1. The van der Waals surface area contributed by atoms with Gasteiger partial charge in [0, 0.05) is 11.6 Å². The van der Waals surface area contributed by atoms with Crippen LogP contribution in [-0.4, -0.2) is 25.7 Å². The molecule has 1 aliphatic rings. The van der Waals surface area contributed by atoms with Crippen molar-refractivity contribution in [2.24, 2.45) is 0 Å². The lowest BCUT2D eigenvalue weighted by molar-refractivity contribution is 0.0697. The van der Waals surface area contributed by atoms with E-state index in [0.29, 0.717) is 11.6 Å². The number of fused-ring (bicyclic) bond motifs is 1. The zero-order valence-corrected chi connectivity index (χ0v) is 13.1. The Kier molecular flexibility index (Phi) is 3.49. The second-order valence-electron chi connectivity index (χ2n) is 6.30. The van der Waals surface area contributed by atoms with Gasteiger partial charge in [0.1, 0.15) is 11.6 Å². The third kappa shape index (κ3) is 2.42. The van der Waals surface area contributed by atoms with Crippen LogP contribution < -0.4 is 0 Å². The van der Waals surface area contributed by atoms with E-state index in [2.05, 4.69) is 4.57 Å². The van der Waals surface area contributed by atoms with E-state index in [9.17, 15) is 15.0 Å². The van der Waals surface area contributed by atoms with E-state index in [-0.39, 0.29) is 11.3 Å². The molecule has 24 heavy (non-hydrogen) atoms. The highest BCUT2D eigenvalue weighted by Gasteiger charge is 2.24. The molecule has 1 heterocycles. The van der Waals surface area contributed by atoms with Crippen molar-refractivity contribution in [3.05, 3.63) is 48.0 Å². The summed E-state index contributed by atoms with van der Waals surface area (Å²) in [7, 11) is 0. The lowest BCUT2D eigenvalue weighted by Crippen LogP contribution is -2.06. The van der Waals surface area contributed by atoms with Gasteiger partial charge in [-0.1, -0.05) is 25.0 Å². The standard InChI is InChI=1S/C19H18N2O3/c22-15-7-3-4-12(10-15)18-20-16-11-13(19(23)24)8-9-17(16)21(18)14-5-1-2-6-14/h3-4,7-11,14,22H,1-2,5-6H2,(H,23,24). The first-order valence-electron chi connectivity index (χ1n) is 8.18. The molecule has 0 unspecified atom stereocenters. The molecule has 0 amide bonds. The van der Waals surface area contributed by atoms with Crippen LogP contribution in [0, 0.1) is 0 Å². The van der Waals surface area contributed by atoms with Gasteiger partial charge in [-0.3, -0.25) is 0 Å². The van der Waals surface area contributed by atoms with Crippen molar-refractivity contribution >= 4 is 17.0 Å². The highest BCUT2D eigenvalue weighted by Crippen LogP contribution is 2.37. The molecule has 0 bridgehead atoms. The van der Waals surface area contributed by atoms with Crippen molar-refractivity contribution in [2.75, 3.05) is 0 Å². The molecule has 122 valence electrons. The summed E-state index contributed by atoms with van der Waals surface area (Å²) in [5.41, 5.74) is 2.71. The maximum atomic E-state index is 11.2. The Hall–Kier alpha value is -2.82. The zero-order chi connectivity index (χ0) is 16.7. The topological polar surface area (TPSA) is 75.3 Å². The molecule has 0 aliphatic heterocycles. The van der Waals surface area contributed by atoms with Crippen LogP contribution in [0.1, 0.15) is 42.1 Å². The minimum absolute atomic E-state index is 0.198. The number of aromatic nitrogens is 2. The fourth-order valence-corrected chi connectivity index (χ4v) is 3.61. The van der Waals surface area contributed by atoms with Crippen molar-refractivity contribution < 1.29 is 15.0 Å². The predicted octanol–water partition coefficient (Wildman–Crippen LogP) is 4.22. The van der Waals surface area contributed by atoms with Crippen molar-refractivity contribution in [2.45, 2.75) is 31.7 Å². The number of nitrogens with zero attached hydrogens (tertiary/aromatic N) is 2. The van der Waals surface area contributed by atoms with E-state index in [1.165, 1.54) is 12.8 Å². The van der Waals surface area contributed by atoms with Crippen molar-refractivity contribution in [3.63, 3.8) is 0 Å². The first kappa shape index (κ1) is 14.8. The first-order valence-corrected chi connectivity index (χ1v) is 8.18. The van der Waals surface area contributed by atoms with Gasteiger partial charge in [0.2, 0.25) is 0 Å². The second kappa shape index (κ2) is 5.67. The minimum atomic E-state index is -0.953. The Morgan fingerprint density at radius 2 is 1.92 bits per heavy atom. The predicted molar refractivity (Wildman–Crippen MR) is 91.3 cm³/mol. The second-order valence-corrected chi connectivity index (χ2v) is 6.30. The number of rotatable bonds is 3. The lowest BCUT2D eigenvalue weighted by atomic mass is 10.1. The summed E-state index contributed by atoms with van der Waals surface area (Å²) < 4.78 is 2.21. The van der Waals surface area contributed by atoms with Crippen LogP contribution in [-0.2, 0) is 0 Å². The molecule has 0 saturated heterocycles. The molecule has 0 atom stereocenters. The van der Waals surface area contributed by atoms with Gasteiger partial charge in [0.15, 0.2) is 0 Å². The molecule has 5 heteroatoms. The molecule has 4 rings (SSSR count). The van der Waals surface area contributed by atoms with Crippen LogP contribution >= 0.6 is 0 Å². The van der Waals surface area contributed by atoms with Gasteiger partial charge < -0.3 is 14.8 Å². The molecule has 1 aliphatic carbocycles. The number of aromatic carboxylic acids is 1. The summed E-state index contributed by atoms with van der Waals surface area (Å²) in [6, 6.07) is 12.5. The molecule has 1 fully saturated rings. The fourth-order valence-electron chi connectivity index (χ4n) is 3.61. The molecule has 1 aromatic heterocycles. The van der Waals surface area contributed by atoms with Crippen LogP contribution in [0.3, 0.4) is 0 Å². The lowest BCUT2D eigenvalue weighted by Gasteiger charge is -2.16. The number of aromatic hydroxyl groups is 1. The fraction of sp³-hybridized carbons (Fsp3) is 0.263. The molecule has 2 N–H and O–H groups in total. The summed E-state index contributed by atoms with van der Waals surface area (Å²) in [4.78, 5) is 15.9. The molecular weight excluding hydrogens is 304 g/mol. The normalized spacial score (nSPS) is 15.2. The van der Waals surface area contributed by atoms with E-state index in [1.54, 1.807) is 30.3 Å². The average molecular weight is 322 g/mol. The van der Waals surface area contributed by atoms with Gasteiger partial charge >= 0.3 is 5.97 Å². The number of benzene rings is 2. The largest absolute Gasteiger partial charge is 0.508 e. The summed E-state index contributed by atoms with van der Waals surface area (Å²) in [5, 5.41) is 19.0. The van der Waals surface area contributed by atoms with Crippen molar-refractivity contribution in [1.29, 1.82) is 0 Å². The Balaban J connectivity index is 1.96. The number of carboxylic acids is 1. The Labute approximate surface area is 139 Å². The quantitative estimate of drug-likeness (QED) is 0.757. The Bertz CT molecular complexity index is 924. The van der Waals surface area contributed by atoms with E-state index in [0.717, 1.165) is 29.7 Å². The third-order valence-corrected chi connectivity index (χ3v) is 4.73. The molecule has 0 radical (unpaired) electrons. The molecule has 3 aromatic rings. The molecular formula is C19H18N2O3. The van der Waals surface area contributed by atoms with Crippen LogP contribution in [0.2, 0.25) is 0 Å². The number of phenols is 1. The van der Waals surface area contributed by atoms with Crippen LogP contribution in [0.4, 0.5) is 0 Å². The van der Waals surface area contributed by atoms with Gasteiger partial charge in [-0.05, 0) is 43.2 Å². The highest BCUT2D eigenvalue weighted by molar-refractivity contribution is 5.93. The summed E-state index contributed by atoms with van der Waals surface area (Å²) in [6.45, 7) is 0. The summed E-state index contributed by atoms with van der Waals surface area (Å²) >= 11 is 0. The monoisotopic (exact) mass is 322 g/mol. The van der Waals surface area contributed by atoms with Crippen molar-refractivity contribution in [3.8, 4) is 17.1 Å². The van der Waals surface area contributed by atoms with E-state index in [4.69, 9.17) is 4.98 Å². The third-order valence-electron chi connectivity index (χ3n) is 4.73. The molecule has 0 spiro atoms. The van der Waals surface area contributed by atoms with Crippen LogP contribution in [0.25, 0.3) is 22.4 Å². The van der Waals surface area contributed by atoms with Crippen LogP contribution in [0.15, 0.2) is 42.5 Å². The van der Waals surface area contributed by atoms with Crippen molar-refractivity contribution in [1.82, 2.24) is 9.55 Å². The maximum Gasteiger partial charge on any atom is 0.335 e. The SMILES string of the molecule is O=C(O)c1ccc2c(c1)nc(-c1cccc(O)c1)n2C1CCCC1. The van der Waals surface area contributed by atoms with Gasteiger partial charge in [-0.2, -0.15) is 0 Å². The first-order chi connectivity index (χ1) is 11.6. The number of phenolic OH excluding ortho intramolecular Hbond substituents is 1. The van der Waals surface area contributed by atoms with Gasteiger partial charge in [0.05, 0.1) is 16.6 Å². The molecule has 2 aromatic carbocycles. The van der Waals surface area contributed by atoms with Crippen LogP contribution in [0.5, 0.6) is 5.75 Å². The molecule has 1 saturated carbocycles. The zero-order valence-electron chi connectivity index (χ0n) is 13.1. The Morgan fingerprint density at radius 1 is 1.12 bits per heavy atom. The average Bonchev–Trinajstić information content (AvgIpc) is 3.21. The van der Waals surface area contributed by atoms with E-state index >= 15 is 0 Å². The van der Waals surface area contributed by atoms with Gasteiger partial charge in [-0.15, -0.1) is 0 Å². The number of hydrogen-bond acceptors (Lipinski definition) is 3. The number of imidazole rings is 1. The minimum Gasteiger partial charge on any atom is -0.508 e. The summed E-state index contributed by atoms with van der Waals surface area (Å²) in [6.07, 6.45) is 4.57. The van der Waals surface area contributed by atoms with Gasteiger partial charge in [-0.25, -0.2) is 9.78 Å². The Morgan fingerprint density at radius 3 is 2.62 bits per heavy atom. The highest BCUT2D eigenvalue weighted by atomic mass is 16.4. The van der Waals surface area contributed by atoms with E-state index in [1.807, 2.05) is 12.1 Å². The smallest absolute Gasteiger partial charge is 0.335 e. The number of carbonyl (C=O) groups is 1. The summed E-state index contributed by atoms with van der Waals surface area (Å²) in [5.74, 6) is 0.0327. The molecule has 5 nitrogen and oxygen atoms in total. The maximum absolute atomic E-state index is 11.2. The van der Waals surface area contributed by atoms with Gasteiger partial charge in [0.25, 0.3) is 0 Å².